The highest BCUT2D eigenvalue weighted by molar-refractivity contribution is 7.89. The van der Waals surface area contributed by atoms with E-state index in [0.29, 0.717) is 5.56 Å². The zero-order chi connectivity index (χ0) is 16.4. The largest absolute Gasteiger partial charge is 0.295 e. The van der Waals surface area contributed by atoms with E-state index in [2.05, 4.69) is 9.82 Å². The van der Waals surface area contributed by atoms with Crippen molar-refractivity contribution < 1.29 is 13.2 Å². The van der Waals surface area contributed by atoms with E-state index in [1.54, 1.807) is 29.0 Å². The number of fused-ring (bicyclic) bond motifs is 1. The summed E-state index contributed by atoms with van der Waals surface area (Å²) in [6.07, 6.45) is 3.42. The smallest absolute Gasteiger partial charge is 0.240 e. The molecule has 2 aromatic heterocycles. The van der Waals surface area contributed by atoms with E-state index in [9.17, 15) is 13.2 Å². The lowest BCUT2D eigenvalue weighted by Crippen LogP contribution is -2.23. The molecule has 1 N–H and O–H groups in total. The number of pyridine rings is 1. The molecule has 3 aromatic rings. The third kappa shape index (κ3) is 3.15. The molecule has 0 fully saturated rings. The van der Waals surface area contributed by atoms with Crippen LogP contribution in [0.3, 0.4) is 0 Å². The Morgan fingerprint density at radius 3 is 2.83 bits per heavy atom. The number of nitrogens with one attached hydrogen (secondary N) is 1. The number of benzene rings is 1. The number of nitrogens with zero attached hydrogens (tertiary/aromatic N) is 2. The second kappa shape index (κ2) is 5.94. The lowest BCUT2D eigenvalue weighted by molar-refractivity contribution is 0.101. The van der Waals surface area contributed by atoms with Gasteiger partial charge in [0.1, 0.15) is 0 Å². The van der Waals surface area contributed by atoms with E-state index in [1.807, 2.05) is 18.2 Å². The number of hydrogen-bond donors (Lipinski definition) is 1. The van der Waals surface area contributed by atoms with E-state index in [0.717, 1.165) is 11.1 Å². The summed E-state index contributed by atoms with van der Waals surface area (Å²) in [6.45, 7) is 1.53. The normalized spacial score (nSPS) is 11.7. The summed E-state index contributed by atoms with van der Waals surface area (Å²) < 4.78 is 29.0. The molecule has 6 nitrogen and oxygen atoms in total. The van der Waals surface area contributed by atoms with Crippen LogP contribution < -0.4 is 4.72 Å². The third-order valence-corrected chi connectivity index (χ3v) is 4.91. The lowest BCUT2D eigenvalue weighted by atomic mass is 10.2. The molecule has 0 unspecified atom stereocenters. The number of ketones is 1. The summed E-state index contributed by atoms with van der Waals surface area (Å²) in [5, 5.41) is 4.17. The molecule has 118 valence electrons. The molecule has 2 heterocycles. The zero-order valence-corrected chi connectivity index (χ0v) is 13.2. The van der Waals surface area contributed by atoms with Crippen molar-refractivity contribution in [1.82, 2.24) is 14.3 Å². The van der Waals surface area contributed by atoms with Gasteiger partial charge in [-0.3, -0.25) is 4.79 Å². The summed E-state index contributed by atoms with van der Waals surface area (Å²) in [4.78, 5) is 11.5. The molecule has 0 saturated heterocycles. The number of carbonyl (C=O) groups is 1. The second-order valence-electron chi connectivity index (χ2n) is 5.11. The van der Waals surface area contributed by atoms with Gasteiger partial charge in [-0.1, -0.05) is 18.2 Å². The van der Waals surface area contributed by atoms with Crippen molar-refractivity contribution in [2.45, 2.75) is 18.4 Å². The van der Waals surface area contributed by atoms with Crippen LogP contribution >= 0.6 is 0 Å². The molecule has 0 amide bonds. The van der Waals surface area contributed by atoms with E-state index in [4.69, 9.17) is 0 Å². The number of rotatable bonds is 5. The van der Waals surface area contributed by atoms with Gasteiger partial charge in [-0.15, -0.1) is 0 Å². The Balaban J connectivity index is 1.84. The van der Waals surface area contributed by atoms with Crippen LogP contribution in [0.2, 0.25) is 0 Å². The van der Waals surface area contributed by atoms with Gasteiger partial charge in [0.25, 0.3) is 0 Å². The number of sulfonamides is 1. The highest BCUT2D eigenvalue weighted by Crippen LogP contribution is 2.14. The molecular formula is C16H15N3O3S. The first-order chi connectivity index (χ1) is 11.0. The summed E-state index contributed by atoms with van der Waals surface area (Å²) in [7, 11) is -3.70. The van der Waals surface area contributed by atoms with Crippen molar-refractivity contribution >= 4 is 21.3 Å². The Kier molecular flexibility index (Phi) is 3.97. The quantitative estimate of drug-likeness (QED) is 0.726. The van der Waals surface area contributed by atoms with Gasteiger partial charge in [-0.05, 0) is 31.2 Å². The SMILES string of the molecule is CC(=O)c1cccc(S(=O)(=O)NCc2cnn3ccccc23)c1. The molecule has 23 heavy (non-hydrogen) atoms. The predicted molar refractivity (Wildman–Crippen MR) is 85.7 cm³/mol. The fourth-order valence-corrected chi connectivity index (χ4v) is 3.31. The van der Waals surface area contributed by atoms with E-state index in [-0.39, 0.29) is 17.2 Å². The summed E-state index contributed by atoms with van der Waals surface area (Å²) in [6, 6.07) is 11.6. The average molecular weight is 329 g/mol. The van der Waals surface area contributed by atoms with Gasteiger partial charge in [0.05, 0.1) is 16.6 Å². The van der Waals surface area contributed by atoms with Gasteiger partial charge in [-0.25, -0.2) is 17.7 Å². The highest BCUT2D eigenvalue weighted by atomic mass is 32.2. The van der Waals surface area contributed by atoms with Crippen LogP contribution in [0, 0.1) is 0 Å². The number of aromatic nitrogens is 2. The Bertz CT molecular complexity index is 977. The molecule has 0 aliphatic heterocycles. The summed E-state index contributed by atoms with van der Waals surface area (Å²) in [5.41, 5.74) is 1.98. The van der Waals surface area contributed by atoms with E-state index in [1.165, 1.54) is 19.1 Å². The molecule has 0 bridgehead atoms. The maximum atomic E-state index is 12.4. The van der Waals surface area contributed by atoms with Gasteiger partial charge >= 0.3 is 0 Å². The highest BCUT2D eigenvalue weighted by Gasteiger charge is 2.16. The first-order valence-corrected chi connectivity index (χ1v) is 8.47. The van der Waals surface area contributed by atoms with Gasteiger partial charge < -0.3 is 0 Å². The Morgan fingerprint density at radius 1 is 1.22 bits per heavy atom. The molecule has 0 atom stereocenters. The van der Waals surface area contributed by atoms with E-state index >= 15 is 0 Å². The van der Waals surface area contributed by atoms with Crippen molar-refractivity contribution in [3.63, 3.8) is 0 Å². The van der Waals surface area contributed by atoms with Crippen molar-refractivity contribution in [3.8, 4) is 0 Å². The van der Waals surface area contributed by atoms with E-state index < -0.39 is 10.0 Å². The number of Topliss-reactive ketones (excluding diaryl/α,β-unsaturated/α-hetero) is 1. The zero-order valence-electron chi connectivity index (χ0n) is 12.4. The van der Waals surface area contributed by atoms with Crippen molar-refractivity contribution in [2.24, 2.45) is 0 Å². The number of carbonyl (C=O) groups excluding carboxylic acids is 1. The number of hydrogen-bond acceptors (Lipinski definition) is 4. The average Bonchev–Trinajstić information content (AvgIpc) is 2.96. The Labute approximate surface area is 133 Å². The van der Waals surface area contributed by atoms with Gasteiger partial charge in [0, 0.05) is 23.9 Å². The van der Waals surface area contributed by atoms with Crippen LogP contribution in [0.25, 0.3) is 5.52 Å². The van der Waals surface area contributed by atoms with Crippen molar-refractivity contribution in [2.75, 3.05) is 0 Å². The molecule has 0 saturated carbocycles. The molecule has 7 heteroatoms. The lowest BCUT2D eigenvalue weighted by Gasteiger charge is -2.07. The maximum absolute atomic E-state index is 12.4. The van der Waals surface area contributed by atoms with Crippen molar-refractivity contribution in [1.29, 1.82) is 0 Å². The second-order valence-corrected chi connectivity index (χ2v) is 6.88. The Hall–Kier alpha value is -2.51. The molecule has 3 rings (SSSR count). The van der Waals surface area contributed by atoms with Gasteiger partial charge in [0.15, 0.2) is 5.78 Å². The van der Waals surface area contributed by atoms with Crippen molar-refractivity contribution in [3.05, 3.63) is 66.0 Å². The molecule has 0 aliphatic carbocycles. The standard InChI is InChI=1S/C16H15N3O3S/c1-12(20)13-5-4-6-15(9-13)23(21,22)18-11-14-10-17-19-8-3-2-7-16(14)19/h2-10,18H,11H2,1H3. The molecule has 1 aromatic carbocycles. The Morgan fingerprint density at radius 2 is 2.04 bits per heavy atom. The van der Waals surface area contributed by atoms with Crippen LogP contribution in [0.4, 0.5) is 0 Å². The molecule has 0 spiro atoms. The minimum absolute atomic E-state index is 0.0710. The fourth-order valence-electron chi connectivity index (χ4n) is 2.26. The monoisotopic (exact) mass is 329 g/mol. The minimum atomic E-state index is -3.70. The summed E-state index contributed by atoms with van der Waals surface area (Å²) >= 11 is 0. The van der Waals surface area contributed by atoms with Crippen LogP contribution in [-0.2, 0) is 16.6 Å². The molecular weight excluding hydrogens is 314 g/mol. The molecule has 0 radical (unpaired) electrons. The predicted octanol–water partition coefficient (Wildman–Crippen LogP) is 2.02. The first kappa shape index (κ1) is 15.4. The third-order valence-electron chi connectivity index (χ3n) is 3.51. The van der Waals surface area contributed by atoms with Crippen LogP contribution in [0.15, 0.2) is 59.8 Å². The van der Waals surface area contributed by atoms with Gasteiger partial charge in [0.2, 0.25) is 10.0 Å². The topological polar surface area (TPSA) is 80.5 Å². The first-order valence-electron chi connectivity index (χ1n) is 6.99. The molecule has 0 aliphatic rings. The fraction of sp³-hybridized carbons (Fsp3) is 0.125. The van der Waals surface area contributed by atoms with Gasteiger partial charge in [-0.2, -0.15) is 5.10 Å². The maximum Gasteiger partial charge on any atom is 0.240 e. The summed E-state index contributed by atoms with van der Waals surface area (Å²) in [5.74, 6) is -0.176. The van der Waals surface area contributed by atoms with Crippen LogP contribution in [0.1, 0.15) is 22.8 Å². The van der Waals surface area contributed by atoms with Crippen LogP contribution in [-0.4, -0.2) is 23.8 Å². The van der Waals surface area contributed by atoms with Crippen LogP contribution in [0.5, 0.6) is 0 Å². The minimum Gasteiger partial charge on any atom is -0.295 e.